The number of carbonyl (C=O) groups is 1. The van der Waals surface area contributed by atoms with Crippen LogP contribution >= 0.6 is 0 Å². The maximum Gasteiger partial charge on any atom is 0.240 e. The normalized spacial score (nSPS) is 36.6. The van der Waals surface area contributed by atoms with Gasteiger partial charge in [0.1, 0.15) is 0 Å². The van der Waals surface area contributed by atoms with Crippen molar-refractivity contribution in [3.63, 3.8) is 0 Å². The summed E-state index contributed by atoms with van der Waals surface area (Å²) < 4.78 is 5.43. The number of hydrogen-bond acceptors (Lipinski definition) is 3. The summed E-state index contributed by atoms with van der Waals surface area (Å²) in [4.78, 5) is 14.4. The first-order chi connectivity index (χ1) is 9.25. The molecule has 3 aliphatic rings. The van der Waals surface area contributed by atoms with Gasteiger partial charge in [-0.05, 0) is 44.4 Å². The highest BCUT2D eigenvalue weighted by Crippen LogP contribution is 2.32. The van der Waals surface area contributed by atoms with Gasteiger partial charge in [-0.1, -0.05) is 12.8 Å². The summed E-state index contributed by atoms with van der Waals surface area (Å²) in [6, 6.07) is 0.00503. The summed E-state index contributed by atoms with van der Waals surface area (Å²) in [6.07, 6.45) is 7.78. The fourth-order valence-corrected chi connectivity index (χ4v) is 3.85. The minimum absolute atomic E-state index is 0.00503. The molecule has 1 aliphatic carbocycles. The van der Waals surface area contributed by atoms with E-state index in [0.717, 1.165) is 26.2 Å². The van der Waals surface area contributed by atoms with Gasteiger partial charge in [0, 0.05) is 19.8 Å². The zero-order valence-corrected chi connectivity index (χ0v) is 11.9. The first-order valence-electron chi connectivity index (χ1n) is 7.90. The Hall–Kier alpha value is -0.610. The number of nitrogens with one attached hydrogen (secondary N) is 1. The van der Waals surface area contributed by atoms with Gasteiger partial charge in [-0.15, -0.1) is 0 Å². The van der Waals surface area contributed by atoms with Gasteiger partial charge in [0.15, 0.2) is 0 Å². The predicted molar refractivity (Wildman–Crippen MR) is 73.6 cm³/mol. The topological polar surface area (TPSA) is 41.6 Å². The molecule has 108 valence electrons. The number of hydrogen-bond donors (Lipinski definition) is 1. The third-order valence-electron chi connectivity index (χ3n) is 5.06. The van der Waals surface area contributed by atoms with E-state index < -0.39 is 0 Å². The van der Waals surface area contributed by atoms with Crippen LogP contribution in [-0.4, -0.2) is 42.8 Å². The monoisotopic (exact) mass is 266 g/mol. The Morgan fingerprint density at radius 2 is 2.11 bits per heavy atom. The van der Waals surface area contributed by atoms with Crippen molar-refractivity contribution >= 4 is 5.91 Å². The minimum atomic E-state index is 0.00503. The molecule has 1 N–H and O–H groups in total. The molecule has 3 fully saturated rings. The first kappa shape index (κ1) is 13.4. The van der Waals surface area contributed by atoms with Crippen LogP contribution in [0.2, 0.25) is 0 Å². The molecule has 0 aromatic heterocycles. The standard InChI is InChI=1S/C15H26N2O2/c1-11-15(18)17(8-6-12-7-9-19-10-12)14(16-11)13-4-2-3-5-13/h11-14,16H,2-10H2,1H3. The molecule has 0 aromatic rings. The van der Waals surface area contributed by atoms with E-state index in [4.69, 9.17) is 4.74 Å². The summed E-state index contributed by atoms with van der Waals surface area (Å²) in [5.41, 5.74) is 0. The van der Waals surface area contributed by atoms with Gasteiger partial charge in [0.05, 0.1) is 12.2 Å². The number of rotatable bonds is 4. The van der Waals surface area contributed by atoms with Crippen molar-refractivity contribution in [1.29, 1.82) is 0 Å². The number of ether oxygens (including phenoxy) is 1. The molecule has 0 radical (unpaired) electrons. The predicted octanol–water partition coefficient (Wildman–Crippen LogP) is 1.75. The molecule has 2 aliphatic heterocycles. The molecule has 2 saturated heterocycles. The lowest BCUT2D eigenvalue weighted by Crippen LogP contribution is -2.43. The molecule has 4 nitrogen and oxygen atoms in total. The van der Waals surface area contributed by atoms with Gasteiger partial charge in [-0.25, -0.2) is 0 Å². The number of amides is 1. The van der Waals surface area contributed by atoms with Crippen LogP contribution in [0.1, 0.15) is 45.4 Å². The fourth-order valence-electron chi connectivity index (χ4n) is 3.85. The van der Waals surface area contributed by atoms with Crippen LogP contribution in [0.15, 0.2) is 0 Å². The lowest BCUT2D eigenvalue weighted by molar-refractivity contribution is -0.130. The number of nitrogens with zero attached hydrogens (tertiary/aromatic N) is 1. The molecule has 1 saturated carbocycles. The Bertz CT molecular complexity index is 322. The Morgan fingerprint density at radius 1 is 1.32 bits per heavy atom. The van der Waals surface area contributed by atoms with E-state index in [0.29, 0.717) is 23.9 Å². The largest absolute Gasteiger partial charge is 0.381 e. The van der Waals surface area contributed by atoms with Crippen LogP contribution < -0.4 is 5.32 Å². The van der Waals surface area contributed by atoms with Gasteiger partial charge in [0.25, 0.3) is 0 Å². The molecular formula is C15H26N2O2. The van der Waals surface area contributed by atoms with Crippen LogP contribution in [0.5, 0.6) is 0 Å². The third-order valence-corrected chi connectivity index (χ3v) is 5.06. The molecule has 3 atom stereocenters. The zero-order valence-electron chi connectivity index (χ0n) is 11.9. The maximum absolute atomic E-state index is 12.3. The van der Waals surface area contributed by atoms with Gasteiger partial charge < -0.3 is 9.64 Å². The second-order valence-electron chi connectivity index (χ2n) is 6.43. The second-order valence-corrected chi connectivity index (χ2v) is 6.43. The van der Waals surface area contributed by atoms with Gasteiger partial charge in [-0.3, -0.25) is 10.1 Å². The summed E-state index contributed by atoms with van der Waals surface area (Å²) in [5.74, 6) is 1.64. The van der Waals surface area contributed by atoms with E-state index in [1.807, 2.05) is 6.92 Å². The summed E-state index contributed by atoms with van der Waals surface area (Å²) in [7, 11) is 0. The van der Waals surface area contributed by atoms with E-state index >= 15 is 0 Å². The van der Waals surface area contributed by atoms with Crippen LogP contribution in [0.3, 0.4) is 0 Å². The van der Waals surface area contributed by atoms with Gasteiger partial charge in [-0.2, -0.15) is 0 Å². The van der Waals surface area contributed by atoms with Gasteiger partial charge >= 0.3 is 0 Å². The summed E-state index contributed by atoms with van der Waals surface area (Å²) in [5, 5.41) is 3.52. The number of carbonyl (C=O) groups excluding carboxylic acids is 1. The first-order valence-corrected chi connectivity index (χ1v) is 7.90. The average molecular weight is 266 g/mol. The van der Waals surface area contributed by atoms with Crippen LogP contribution in [0.4, 0.5) is 0 Å². The van der Waals surface area contributed by atoms with E-state index in [1.54, 1.807) is 0 Å². The van der Waals surface area contributed by atoms with Crippen LogP contribution in [0.25, 0.3) is 0 Å². The fraction of sp³-hybridized carbons (Fsp3) is 0.933. The van der Waals surface area contributed by atoms with Crippen molar-refractivity contribution in [3.05, 3.63) is 0 Å². The van der Waals surface area contributed by atoms with Crippen molar-refractivity contribution in [2.75, 3.05) is 19.8 Å². The maximum atomic E-state index is 12.3. The second kappa shape index (κ2) is 5.80. The lowest BCUT2D eigenvalue weighted by atomic mass is 10.0. The van der Waals surface area contributed by atoms with Crippen molar-refractivity contribution in [3.8, 4) is 0 Å². The SMILES string of the molecule is CC1NC(C2CCCC2)N(CCC2CCOC2)C1=O. The zero-order chi connectivity index (χ0) is 13.2. The Labute approximate surface area is 115 Å². The molecule has 2 heterocycles. The average Bonchev–Trinajstić information content (AvgIpc) is 3.12. The molecule has 3 unspecified atom stereocenters. The molecule has 0 bridgehead atoms. The lowest BCUT2D eigenvalue weighted by Gasteiger charge is -2.29. The molecule has 0 spiro atoms. The highest BCUT2D eigenvalue weighted by atomic mass is 16.5. The van der Waals surface area contributed by atoms with E-state index in [-0.39, 0.29) is 6.04 Å². The molecule has 0 aromatic carbocycles. The quantitative estimate of drug-likeness (QED) is 0.843. The van der Waals surface area contributed by atoms with Crippen LogP contribution in [0, 0.1) is 11.8 Å². The highest BCUT2D eigenvalue weighted by Gasteiger charge is 2.41. The molecule has 4 heteroatoms. The third kappa shape index (κ3) is 2.79. The van der Waals surface area contributed by atoms with E-state index in [1.165, 1.54) is 32.1 Å². The van der Waals surface area contributed by atoms with E-state index in [2.05, 4.69) is 10.2 Å². The Balaban J connectivity index is 1.59. The van der Waals surface area contributed by atoms with Crippen molar-refractivity contribution in [2.24, 2.45) is 11.8 Å². The van der Waals surface area contributed by atoms with E-state index in [9.17, 15) is 4.79 Å². The van der Waals surface area contributed by atoms with Crippen molar-refractivity contribution in [1.82, 2.24) is 10.2 Å². The molecule has 1 amide bonds. The molecule has 19 heavy (non-hydrogen) atoms. The summed E-state index contributed by atoms with van der Waals surface area (Å²) in [6.45, 7) is 4.70. The smallest absolute Gasteiger partial charge is 0.240 e. The Morgan fingerprint density at radius 3 is 2.79 bits per heavy atom. The molecular weight excluding hydrogens is 240 g/mol. The highest BCUT2D eigenvalue weighted by molar-refractivity contribution is 5.83. The minimum Gasteiger partial charge on any atom is -0.381 e. The summed E-state index contributed by atoms with van der Waals surface area (Å²) >= 11 is 0. The Kier molecular flexibility index (Phi) is 4.08. The molecule has 3 rings (SSSR count). The van der Waals surface area contributed by atoms with Crippen molar-refractivity contribution < 1.29 is 9.53 Å². The van der Waals surface area contributed by atoms with Crippen molar-refractivity contribution in [2.45, 2.75) is 57.7 Å². The van der Waals surface area contributed by atoms with Crippen LogP contribution in [-0.2, 0) is 9.53 Å². The van der Waals surface area contributed by atoms with Gasteiger partial charge in [0.2, 0.25) is 5.91 Å².